The highest BCUT2D eigenvalue weighted by Gasteiger charge is 2.44. The molecule has 0 radical (unpaired) electrons. The zero-order valence-electron chi connectivity index (χ0n) is 13.7. The first-order valence-electron chi connectivity index (χ1n) is 8.50. The lowest BCUT2D eigenvalue weighted by molar-refractivity contribution is 0.167. The Bertz CT molecular complexity index is 654. The van der Waals surface area contributed by atoms with E-state index >= 15 is 0 Å². The number of urea groups is 1. The van der Waals surface area contributed by atoms with Gasteiger partial charge in [-0.25, -0.2) is 4.79 Å². The maximum atomic E-state index is 12.0. The summed E-state index contributed by atoms with van der Waals surface area (Å²) in [5.74, 6) is 0. The Morgan fingerprint density at radius 1 is 1.00 bits per heavy atom. The quantitative estimate of drug-likeness (QED) is 0.733. The monoisotopic (exact) mass is 324 g/mol. The van der Waals surface area contributed by atoms with E-state index in [0.717, 1.165) is 18.4 Å². The molecular formula is C20H24N2O2. The molecule has 2 amide bonds. The van der Waals surface area contributed by atoms with Crippen molar-refractivity contribution in [2.45, 2.75) is 30.8 Å². The minimum Gasteiger partial charge on any atom is -0.388 e. The molecule has 0 spiro atoms. The lowest BCUT2D eigenvalue weighted by atomic mass is 9.96. The third-order valence-electron chi connectivity index (χ3n) is 4.71. The van der Waals surface area contributed by atoms with E-state index in [0.29, 0.717) is 19.5 Å². The van der Waals surface area contributed by atoms with E-state index in [1.807, 2.05) is 48.5 Å². The lowest BCUT2D eigenvalue weighted by Gasteiger charge is -2.17. The van der Waals surface area contributed by atoms with Crippen LogP contribution in [0.4, 0.5) is 4.79 Å². The summed E-state index contributed by atoms with van der Waals surface area (Å²) >= 11 is 0. The Hall–Kier alpha value is -2.33. The fourth-order valence-corrected chi connectivity index (χ4v) is 2.99. The van der Waals surface area contributed by atoms with Crippen molar-refractivity contribution in [2.75, 3.05) is 13.1 Å². The zero-order valence-corrected chi connectivity index (χ0v) is 13.7. The van der Waals surface area contributed by atoms with Crippen LogP contribution in [-0.4, -0.2) is 24.2 Å². The largest absolute Gasteiger partial charge is 0.388 e. The Balaban J connectivity index is 1.39. The number of carbonyl (C=O) groups excluding carboxylic acids is 1. The van der Waals surface area contributed by atoms with E-state index in [9.17, 15) is 9.90 Å². The van der Waals surface area contributed by atoms with Gasteiger partial charge in [-0.15, -0.1) is 0 Å². The van der Waals surface area contributed by atoms with Gasteiger partial charge in [0.15, 0.2) is 0 Å². The molecule has 2 aromatic rings. The molecule has 4 heteroatoms. The van der Waals surface area contributed by atoms with E-state index in [1.165, 1.54) is 5.56 Å². The summed E-state index contributed by atoms with van der Waals surface area (Å²) in [6, 6.07) is 19.7. The van der Waals surface area contributed by atoms with Gasteiger partial charge in [0.05, 0.1) is 6.10 Å². The van der Waals surface area contributed by atoms with Gasteiger partial charge in [0.25, 0.3) is 0 Å². The fourth-order valence-electron chi connectivity index (χ4n) is 2.99. The summed E-state index contributed by atoms with van der Waals surface area (Å²) in [5.41, 5.74) is 2.29. The van der Waals surface area contributed by atoms with Gasteiger partial charge >= 0.3 is 6.03 Å². The normalized spacial score (nSPS) is 16.2. The molecule has 1 fully saturated rings. The minimum atomic E-state index is -0.550. The highest BCUT2D eigenvalue weighted by molar-refractivity contribution is 5.74. The Morgan fingerprint density at radius 2 is 1.62 bits per heavy atom. The van der Waals surface area contributed by atoms with Gasteiger partial charge in [-0.05, 0) is 30.4 Å². The number of hydrogen-bond donors (Lipinski definition) is 3. The van der Waals surface area contributed by atoms with Crippen LogP contribution in [-0.2, 0) is 5.41 Å². The molecule has 3 rings (SSSR count). The standard InChI is InChI=1S/C20H24N2O2/c23-18(16-7-3-1-4-8-16)11-14-21-19(24)22-15-20(12-13-20)17-9-5-2-6-10-17/h1-10,18,23H,11-15H2,(H2,21,22,24). The van der Waals surface area contributed by atoms with Crippen molar-refractivity contribution >= 4 is 6.03 Å². The average molecular weight is 324 g/mol. The second-order valence-corrected chi connectivity index (χ2v) is 6.47. The number of hydrogen-bond acceptors (Lipinski definition) is 2. The van der Waals surface area contributed by atoms with Crippen LogP contribution in [0.1, 0.15) is 36.5 Å². The highest BCUT2D eigenvalue weighted by atomic mass is 16.3. The summed E-state index contributed by atoms with van der Waals surface area (Å²) < 4.78 is 0. The number of aliphatic hydroxyl groups excluding tert-OH is 1. The Morgan fingerprint density at radius 3 is 2.25 bits per heavy atom. The number of amides is 2. The van der Waals surface area contributed by atoms with Crippen LogP contribution in [0, 0.1) is 0 Å². The summed E-state index contributed by atoms with van der Waals surface area (Å²) in [7, 11) is 0. The van der Waals surface area contributed by atoms with Crippen molar-refractivity contribution in [1.29, 1.82) is 0 Å². The van der Waals surface area contributed by atoms with Gasteiger partial charge in [-0.3, -0.25) is 0 Å². The smallest absolute Gasteiger partial charge is 0.314 e. The molecule has 2 aromatic carbocycles. The van der Waals surface area contributed by atoms with Crippen molar-refractivity contribution in [3.05, 3.63) is 71.8 Å². The van der Waals surface area contributed by atoms with Crippen molar-refractivity contribution in [2.24, 2.45) is 0 Å². The fraction of sp³-hybridized carbons (Fsp3) is 0.350. The molecule has 1 aliphatic rings. The number of aliphatic hydroxyl groups is 1. The Kier molecular flexibility index (Phi) is 5.16. The molecule has 0 heterocycles. The van der Waals surface area contributed by atoms with Gasteiger partial charge in [-0.2, -0.15) is 0 Å². The SMILES string of the molecule is O=C(NCCC(O)c1ccccc1)NCC1(c2ccccc2)CC1. The number of rotatable bonds is 7. The van der Waals surface area contributed by atoms with E-state index in [4.69, 9.17) is 0 Å². The summed E-state index contributed by atoms with van der Waals surface area (Å²) in [6.07, 6.45) is 2.18. The molecule has 1 atom stereocenters. The second kappa shape index (κ2) is 7.49. The minimum absolute atomic E-state index is 0.113. The number of nitrogens with one attached hydrogen (secondary N) is 2. The van der Waals surface area contributed by atoms with E-state index in [2.05, 4.69) is 22.8 Å². The maximum absolute atomic E-state index is 12.0. The molecule has 0 aromatic heterocycles. The predicted molar refractivity (Wildman–Crippen MR) is 94.8 cm³/mol. The summed E-state index contributed by atoms with van der Waals surface area (Å²) in [5, 5.41) is 15.9. The van der Waals surface area contributed by atoms with Gasteiger partial charge in [0.1, 0.15) is 0 Å². The van der Waals surface area contributed by atoms with E-state index in [-0.39, 0.29) is 11.4 Å². The van der Waals surface area contributed by atoms with Crippen LogP contribution in [0.5, 0.6) is 0 Å². The molecular weight excluding hydrogens is 300 g/mol. The Labute approximate surface area is 142 Å². The first kappa shape index (κ1) is 16.5. The van der Waals surface area contributed by atoms with Crippen LogP contribution >= 0.6 is 0 Å². The summed E-state index contributed by atoms with van der Waals surface area (Å²) in [4.78, 5) is 12.0. The molecule has 1 unspecified atom stereocenters. The number of benzene rings is 2. The van der Waals surface area contributed by atoms with Crippen molar-refractivity contribution in [3.63, 3.8) is 0 Å². The third-order valence-corrected chi connectivity index (χ3v) is 4.71. The topological polar surface area (TPSA) is 61.4 Å². The molecule has 4 nitrogen and oxygen atoms in total. The molecule has 1 saturated carbocycles. The second-order valence-electron chi connectivity index (χ2n) is 6.47. The lowest BCUT2D eigenvalue weighted by Crippen LogP contribution is -2.40. The van der Waals surface area contributed by atoms with Crippen LogP contribution in [0.15, 0.2) is 60.7 Å². The molecule has 0 bridgehead atoms. The van der Waals surface area contributed by atoms with E-state index < -0.39 is 6.10 Å². The van der Waals surface area contributed by atoms with E-state index in [1.54, 1.807) is 0 Å². The first-order chi connectivity index (χ1) is 11.7. The number of carbonyl (C=O) groups is 1. The first-order valence-corrected chi connectivity index (χ1v) is 8.50. The highest BCUT2D eigenvalue weighted by Crippen LogP contribution is 2.47. The van der Waals surface area contributed by atoms with Crippen molar-refractivity contribution in [1.82, 2.24) is 10.6 Å². The van der Waals surface area contributed by atoms with Crippen LogP contribution in [0.25, 0.3) is 0 Å². The van der Waals surface area contributed by atoms with Gasteiger partial charge in [0.2, 0.25) is 0 Å². The molecule has 0 aliphatic heterocycles. The van der Waals surface area contributed by atoms with Gasteiger partial charge in [0, 0.05) is 18.5 Å². The van der Waals surface area contributed by atoms with Crippen LogP contribution in [0.3, 0.4) is 0 Å². The van der Waals surface area contributed by atoms with Gasteiger partial charge < -0.3 is 15.7 Å². The summed E-state index contributed by atoms with van der Waals surface area (Å²) in [6.45, 7) is 1.10. The van der Waals surface area contributed by atoms with Crippen molar-refractivity contribution in [3.8, 4) is 0 Å². The maximum Gasteiger partial charge on any atom is 0.314 e. The third kappa shape index (κ3) is 4.15. The molecule has 1 aliphatic carbocycles. The van der Waals surface area contributed by atoms with Gasteiger partial charge in [-0.1, -0.05) is 60.7 Å². The molecule has 24 heavy (non-hydrogen) atoms. The average Bonchev–Trinajstić information content (AvgIpc) is 3.43. The zero-order chi connectivity index (χ0) is 16.8. The van der Waals surface area contributed by atoms with Crippen LogP contribution < -0.4 is 10.6 Å². The predicted octanol–water partition coefficient (Wildman–Crippen LogP) is 3.14. The molecule has 0 saturated heterocycles. The van der Waals surface area contributed by atoms with Crippen LogP contribution in [0.2, 0.25) is 0 Å². The molecule has 3 N–H and O–H groups in total. The van der Waals surface area contributed by atoms with Crippen molar-refractivity contribution < 1.29 is 9.90 Å². The molecule has 126 valence electrons.